The van der Waals surface area contributed by atoms with Crippen molar-refractivity contribution in [1.29, 1.82) is 0 Å². The van der Waals surface area contributed by atoms with Crippen LogP contribution in [0.25, 0.3) is 0 Å². The molecule has 2 heterocycles. The summed E-state index contributed by atoms with van der Waals surface area (Å²) in [5.41, 5.74) is 2.77. The number of benzene rings is 1. The van der Waals surface area contributed by atoms with Crippen molar-refractivity contribution in [1.82, 2.24) is 5.32 Å². The van der Waals surface area contributed by atoms with Crippen LogP contribution < -0.4 is 16.0 Å². The van der Waals surface area contributed by atoms with E-state index in [-0.39, 0.29) is 11.8 Å². The number of aryl methyl sites for hydroxylation is 1. The number of carbonyl (C=O) groups excluding carboxylic acids is 2. The topological polar surface area (TPSA) is 70.2 Å². The third-order valence-corrected chi connectivity index (χ3v) is 4.16. The van der Waals surface area contributed by atoms with E-state index in [1.807, 2.05) is 18.2 Å². The smallest absolute Gasteiger partial charge is 0.224 e. The predicted octanol–water partition coefficient (Wildman–Crippen LogP) is 1.90. The van der Waals surface area contributed by atoms with Gasteiger partial charge in [0.05, 0.1) is 0 Å². The summed E-state index contributed by atoms with van der Waals surface area (Å²) < 4.78 is 0. The summed E-state index contributed by atoms with van der Waals surface area (Å²) in [6, 6.07) is 5.68. The molecular weight excluding hydrogens is 266 g/mol. The maximum absolute atomic E-state index is 12.1. The zero-order valence-corrected chi connectivity index (χ0v) is 12.1. The average Bonchev–Trinajstić information content (AvgIpc) is 2.48. The quantitative estimate of drug-likeness (QED) is 0.795. The van der Waals surface area contributed by atoms with Gasteiger partial charge < -0.3 is 16.0 Å². The standard InChI is InChI=1S/C16H21N3O2/c20-15-6-3-12-9-13(4-5-14(12)19-15)18-16(21)8-11-2-1-7-17-10-11/h4-5,9,11,17H,1-3,6-8,10H2,(H,18,21)(H,19,20). The van der Waals surface area contributed by atoms with Gasteiger partial charge in [0.1, 0.15) is 0 Å². The first-order chi connectivity index (χ1) is 10.2. The van der Waals surface area contributed by atoms with Gasteiger partial charge in [-0.25, -0.2) is 0 Å². The third kappa shape index (κ3) is 3.61. The molecule has 1 fully saturated rings. The zero-order chi connectivity index (χ0) is 14.7. The van der Waals surface area contributed by atoms with Crippen molar-refractivity contribution in [3.63, 3.8) is 0 Å². The Kier molecular flexibility index (Phi) is 4.20. The molecule has 0 saturated carbocycles. The molecule has 0 bridgehead atoms. The Morgan fingerprint density at radius 2 is 2.24 bits per heavy atom. The van der Waals surface area contributed by atoms with E-state index in [1.165, 1.54) is 0 Å². The van der Waals surface area contributed by atoms with Crippen LogP contribution in [-0.4, -0.2) is 24.9 Å². The normalized spacial score (nSPS) is 21.3. The highest BCUT2D eigenvalue weighted by Gasteiger charge is 2.18. The molecular formula is C16H21N3O2. The second kappa shape index (κ2) is 6.26. The molecule has 1 aromatic rings. The van der Waals surface area contributed by atoms with Gasteiger partial charge in [-0.3, -0.25) is 9.59 Å². The molecule has 1 unspecified atom stereocenters. The van der Waals surface area contributed by atoms with Crippen molar-refractivity contribution in [2.45, 2.75) is 32.1 Å². The van der Waals surface area contributed by atoms with Crippen LogP contribution in [0.15, 0.2) is 18.2 Å². The second-order valence-corrected chi connectivity index (χ2v) is 5.88. The number of piperidine rings is 1. The first kappa shape index (κ1) is 14.1. The Morgan fingerprint density at radius 1 is 1.33 bits per heavy atom. The van der Waals surface area contributed by atoms with E-state index in [0.717, 1.165) is 49.3 Å². The van der Waals surface area contributed by atoms with Gasteiger partial charge in [0.25, 0.3) is 0 Å². The van der Waals surface area contributed by atoms with E-state index in [0.29, 0.717) is 18.8 Å². The van der Waals surface area contributed by atoms with Crippen LogP contribution in [0, 0.1) is 5.92 Å². The summed E-state index contributed by atoms with van der Waals surface area (Å²) in [5.74, 6) is 0.572. The summed E-state index contributed by atoms with van der Waals surface area (Å²) in [6.45, 7) is 2.00. The monoisotopic (exact) mass is 287 g/mol. The molecule has 0 spiro atoms. The fourth-order valence-electron chi connectivity index (χ4n) is 3.03. The van der Waals surface area contributed by atoms with Crippen LogP contribution in [0.2, 0.25) is 0 Å². The number of nitrogens with one attached hydrogen (secondary N) is 3. The predicted molar refractivity (Wildman–Crippen MR) is 82.2 cm³/mol. The summed E-state index contributed by atoms with van der Waals surface area (Å²) in [7, 11) is 0. The average molecular weight is 287 g/mol. The van der Waals surface area contributed by atoms with Crippen molar-refractivity contribution < 1.29 is 9.59 Å². The van der Waals surface area contributed by atoms with Gasteiger partial charge in [0, 0.05) is 24.2 Å². The van der Waals surface area contributed by atoms with Crippen LogP contribution in [-0.2, 0) is 16.0 Å². The van der Waals surface area contributed by atoms with Crippen molar-refractivity contribution in [2.75, 3.05) is 23.7 Å². The highest BCUT2D eigenvalue weighted by atomic mass is 16.2. The SMILES string of the molecule is O=C(CC1CCCNC1)Nc1ccc2c(c1)CCC(=O)N2. The molecule has 21 heavy (non-hydrogen) atoms. The fraction of sp³-hybridized carbons (Fsp3) is 0.500. The van der Waals surface area contributed by atoms with Gasteiger partial charge in [0.2, 0.25) is 11.8 Å². The van der Waals surface area contributed by atoms with Crippen LogP contribution in [0.3, 0.4) is 0 Å². The van der Waals surface area contributed by atoms with Gasteiger partial charge in [-0.15, -0.1) is 0 Å². The molecule has 2 aliphatic heterocycles. The van der Waals surface area contributed by atoms with Gasteiger partial charge in [-0.05, 0) is 62.0 Å². The summed E-state index contributed by atoms with van der Waals surface area (Å²) in [4.78, 5) is 23.4. The number of hydrogen-bond donors (Lipinski definition) is 3. The Hall–Kier alpha value is -1.88. The summed E-state index contributed by atoms with van der Waals surface area (Å²) in [5, 5.41) is 9.15. The lowest BCUT2D eigenvalue weighted by molar-refractivity contribution is -0.117. The Bertz CT molecular complexity index is 550. The Balaban J connectivity index is 1.59. The van der Waals surface area contributed by atoms with Crippen LogP contribution in [0.5, 0.6) is 0 Å². The van der Waals surface area contributed by atoms with Gasteiger partial charge >= 0.3 is 0 Å². The lowest BCUT2D eigenvalue weighted by Crippen LogP contribution is -2.32. The van der Waals surface area contributed by atoms with Gasteiger partial charge in [-0.2, -0.15) is 0 Å². The molecule has 0 aromatic heterocycles. The molecule has 1 aromatic carbocycles. The van der Waals surface area contributed by atoms with Crippen LogP contribution in [0.1, 0.15) is 31.2 Å². The number of anilines is 2. The molecule has 3 rings (SSSR count). The molecule has 0 aliphatic carbocycles. The van der Waals surface area contributed by atoms with Crippen molar-refractivity contribution in [3.8, 4) is 0 Å². The van der Waals surface area contributed by atoms with Crippen molar-refractivity contribution in [2.24, 2.45) is 5.92 Å². The molecule has 1 saturated heterocycles. The number of carbonyl (C=O) groups is 2. The molecule has 5 nitrogen and oxygen atoms in total. The number of amides is 2. The van der Waals surface area contributed by atoms with Crippen molar-refractivity contribution >= 4 is 23.2 Å². The number of hydrogen-bond acceptors (Lipinski definition) is 3. The van der Waals surface area contributed by atoms with E-state index in [1.54, 1.807) is 0 Å². The summed E-state index contributed by atoms with van der Waals surface area (Å²) in [6.07, 6.45) is 4.09. The van der Waals surface area contributed by atoms with E-state index in [2.05, 4.69) is 16.0 Å². The molecule has 5 heteroatoms. The molecule has 2 amide bonds. The molecule has 0 radical (unpaired) electrons. The molecule has 1 atom stereocenters. The van der Waals surface area contributed by atoms with Crippen LogP contribution in [0.4, 0.5) is 11.4 Å². The minimum absolute atomic E-state index is 0.0593. The van der Waals surface area contributed by atoms with E-state index in [4.69, 9.17) is 0 Å². The number of fused-ring (bicyclic) bond motifs is 1. The van der Waals surface area contributed by atoms with E-state index < -0.39 is 0 Å². The molecule has 2 aliphatic rings. The third-order valence-electron chi connectivity index (χ3n) is 4.16. The molecule has 3 N–H and O–H groups in total. The highest BCUT2D eigenvalue weighted by Crippen LogP contribution is 2.26. The van der Waals surface area contributed by atoms with Gasteiger partial charge in [-0.1, -0.05) is 0 Å². The second-order valence-electron chi connectivity index (χ2n) is 5.88. The van der Waals surface area contributed by atoms with Crippen LogP contribution >= 0.6 is 0 Å². The maximum atomic E-state index is 12.1. The van der Waals surface area contributed by atoms with Gasteiger partial charge in [0.15, 0.2) is 0 Å². The minimum atomic E-state index is 0.0593. The zero-order valence-electron chi connectivity index (χ0n) is 12.1. The lowest BCUT2D eigenvalue weighted by Gasteiger charge is -2.22. The largest absolute Gasteiger partial charge is 0.326 e. The lowest BCUT2D eigenvalue weighted by atomic mass is 9.96. The maximum Gasteiger partial charge on any atom is 0.224 e. The van der Waals surface area contributed by atoms with E-state index >= 15 is 0 Å². The number of rotatable bonds is 3. The van der Waals surface area contributed by atoms with E-state index in [9.17, 15) is 9.59 Å². The van der Waals surface area contributed by atoms with Crippen molar-refractivity contribution in [3.05, 3.63) is 23.8 Å². The summed E-state index contributed by atoms with van der Waals surface area (Å²) >= 11 is 0. The minimum Gasteiger partial charge on any atom is -0.326 e. The Morgan fingerprint density at radius 3 is 3.05 bits per heavy atom. The highest BCUT2D eigenvalue weighted by molar-refractivity contribution is 5.95. The Labute approximate surface area is 124 Å². The fourth-order valence-corrected chi connectivity index (χ4v) is 3.03. The first-order valence-corrected chi connectivity index (χ1v) is 7.64. The first-order valence-electron chi connectivity index (χ1n) is 7.64. The molecule has 112 valence electrons.